The molecular weight excluding hydrogens is 807 g/mol. The molecule has 0 fully saturated rings. The molecule has 0 spiro atoms. The van der Waals surface area contributed by atoms with Crippen LogP contribution >= 0.6 is 0 Å². The lowest BCUT2D eigenvalue weighted by Crippen LogP contribution is -2.45. The zero-order chi connectivity index (χ0) is 47.7. The van der Waals surface area contributed by atoms with Crippen LogP contribution in [0.1, 0.15) is 245 Å². The SMILES string of the molecule is CC/C=C\C/C=C\C/C=C\C/C=C\C/C=C\C/C=C\C/C=C\C/C=C\C/C=C\C/C=C\CCCCCCC(=O)NC(CO)C(O)CCCCCCCCCCCCCCCCCCCCC. The molecule has 0 aliphatic rings. The highest BCUT2D eigenvalue weighted by Crippen LogP contribution is 2.16. The molecule has 0 saturated carbocycles. The number of rotatable bonds is 49. The second kappa shape index (κ2) is 56.1. The molecule has 0 aliphatic carbocycles. The van der Waals surface area contributed by atoms with E-state index >= 15 is 0 Å². The van der Waals surface area contributed by atoms with E-state index in [0.717, 1.165) is 109 Å². The summed E-state index contributed by atoms with van der Waals surface area (Å²) in [7, 11) is 0. The molecule has 2 atom stereocenters. The van der Waals surface area contributed by atoms with Crippen molar-refractivity contribution in [2.45, 2.75) is 257 Å². The lowest BCUT2D eigenvalue weighted by atomic mass is 10.0. The van der Waals surface area contributed by atoms with Gasteiger partial charge in [-0.2, -0.15) is 0 Å². The van der Waals surface area contributed by atoms with Gasteiger partial charge in [-0.15, -0.1) is 0 Å². The minimum absolute atomic E-state index is 0.0592. The van der Waals surface area contributed by atoms with Gasteiger partial charge in [0, 0.05) is 6.42 Å². The summed E-state index contributed by atoms with van der Waals surface area (Å²) in [5.74, 6) is -0.0592. The number of hydrogen-bond acceptors (Lipinski definition) is 3. The zero-order valence-corrected chi connectivity index (χ0v) is 43.2. The van der Waals surface area contributed by atoms with Gasteiger partial charge in [0.25, 0.3) is 0 Å². The first-order chi connectivity index (χ1) is 32.7. The summed E-state index contributed by atoms with van der Waals surface area (Å²) in [5.41, 5.74) is 0. The highest BCUT2D eigenvalue weighted by Gasteiger charge is 2.20. The topological polar surface area (TPSA) is 69.6 Å². The molecule has 4 nitrogen and oxygen atoms in total. The maximum atomic E-state index is 12.5. The summed E-state index contributed by atoms with van der Waals surface area (Å²) < 4.78 is 0. The van der Waals surface area contributed by atoms with Gasteiger partial charge in [-0.1, -0.05) is 270 Å². The fourth-order valence-electron chi connectivity index (χ4n) is 7.80. The van der Waals surface area contributed by atoms with Crippen molar-refractivity contribution in [1.82, 2.24) is 5.32 Å². The average Bonchev–Trinajstić information content (AvgIpc) is 3.32. The summed E-state index contributed by atoms with van der Waals surface area (Å²) in [6.07, 6.45) is 85.9. The molecule has 0 bridgehead atoms. The molecular formula is C62H105NO3. The normalized spacial score (nSPS) is 13.8. The Hall–Kier alpha value is -3.21. The van der Waals surface area contributed by atoms with E-state index in [1.54, 1.807) is 0 Å². The lowest BCUT2D eigenvalue weighted by molar-refractivity contribution is -0.123. The van der Waals surface area contributed by atoms with Gasteiger partial charge in [0.1, 0.15) is 0 Å². The van der Waals surface area contributed by atoms with E-state index in [9.17, 15) is 15.0 Å². The molecule has 3 N–H and O–H groups in total. The van der Waals surface area contributed by atoms with Gasteiger partial charge in [-0.05, 0) is 89.9 Å². The van der Waals surface area contributed by atoms with Crippen LogP contribution in [0, 0.1) is 0 Å². The van der Waals surface area contributed by atoms with Gasteiger partial charge in [-0.3, -0.25) is 4.79 Å². The van der Waals surface area contributed by atoms with Gasteiger partial charge in [0.2, 0.25) is 5.91 Å². The molecule has 0 saturated heterocycles. The van der Waals surface area contributed by atoms with Crippen molar-refractivity contribution in [3.05, 3.63) is 122 Å². The predicted octanol–water partition coefficient (Wildman–Crippen LogP) is 18.5. The molecule has 1 amide bonds. The van der Waals surface area contributed by atoms with E-state index < -0.39 is 12.1 Å². The minimum Gasteiger partial charge on any atom is -0.394 e. The Morgan fingerprint density at radius 2 is 0.667 bits per heavy atom. The maximum absolute atomic E-state index is 12.5. The van der Waals surface area contributed by atoms with Crippen molar-refractivity contribution in [3.63, 3.8) is 0 Å². The number of unbranched alkanes of at least 4 members (excludes halogenated alkanes) is 22. The van der Waals surface area contributed by atoms with Gasteiger partial charge in [0.15, 0.2) is 0 Å². The third-order valence-corrected chi connectivity index (χ3v) is 12.0. The molecule has 2 unspecified atom stereocenters. The number of amides is 1. The van der Waals surface area contributed by atoms with Crippen LogP contribution in [0.2, 0.25) is 0 Å². The first-order valence-corrected chi connectivity index (χ1v) is 27.7. The van der Waals surface area contributed by atoms with Crippen LogP contribution in [-0.4, -0.2) is 34.9 Å². The average molecular weight is 913 g/mol. The number of aliphatic hydroxyl groups excluding tert-OH is 2. The first kappa shape index (κ1) is 62.8. The molecule has 66 heavy (non-hydrogen) atoms. The van der Waals surface area contributed by atoms with Crippen molar-refractivity contribution >= 4 is 5.91 Å². The molecule has 0 aromatic rings. The smallest absolute Gasteiger partial charge is 0.220 e. The van der Waals surface area contributed by atoms with E-state index in [1.807, 2.05) is 0 Å². The number of hydrogen-bond donors (Lipinski definition) is 3. The van der Waals surface area contributed by atoms with Crippen LogP contribution < -0.4 is 5.32 Å². The Labute approximate surface area is 409 Å². The molecule has 0 radical (unpaired) electrons. The molecule has 0 aromatic heterocycles. The van der Waals surface area contributed by atoms with Crippen molar-refractivity contribution in [2.24, 2.45) is 0 Å². The standard InChI is InChI=1S/C62H105NO3/c1-3-5-7-9-11-13-15-17-19-21-23-24-25-26-27-28-29-30-31-32-33-34-35-36-37-38-40-42-44-46-48-50-52-54-56-58-62(66)63-60(59-64)61(65)57-55-53-51-49-47-45-43-41-39-22-20-18-16-14-12-10-8-6-4-2/h5,7,11,13,17,19,23-24,26-27,29-30,32-33,35-36,38,40,44,46,60-61,64-65H,3-4,6,8-10,12,14-16,18,20-22,25,28,31,34,37,39,41-43,45,47-59H2,1-2H3,(H,63,66)/b7-5-,13-11-,19-17-,24-23-,27-26-,30-29-,33-32-,36-35-,40-38-,46-44-. The number of carbonyl (C=O) groups is 1. The first-order valence-electron chi connectivity index (χ1n) is 27.7. The predicted molar refractivity (Wildman–Crippen MR) is 294 cm³/mol. The van der Waals surface area contributed by atoms with Gasteiger partial charge in [-0.25, -0.2) is 0 Å². The number of carbonyl (C=O) groups excluding carboxylic acids is 1. The second-order valence-electron chi connectivity index (χ2n) is 18.3. The van der Waals surface area contributed by atoms with Crippen molar-refractivity contribution < 1.29 is 15.0 Å². The summed E-state index contributed by atoms with van der Waals surface area (Å²) in [6, 6.07) is -0.560. The number of aliphatic hydroxyl groups is 2. The van der Waals surface area contributed by atoms with E-state index in [0.29, 0.717) is 12.8 Å². The Balaban J connectivity index is 3.65. The number of allylic oxidation sites excluding steroid dienone is 20. The molecule has 0 heterocycles. The van der Waals surface area contributed by atoms with Crippen LogP contribution in [0.5, 0.6) is 0 Å². The number of nitrogens with one attached hydrogen (secondary N) is 1. The van der Waals surface area contributed by atoms with Crippen LogP contribution in [0.3, 0.4) is 0 Å². The Kier molecular flexibility index (Phi) is 53.4. The fourth-order valence-corrected chi connectivity index (χ4v) is 7.80. The van der Waals surface area contributed by atoms with E-state index in [-0.39, 0.29) is 12.5 Å². The monoisotopic (exact) mass is 912 g/mol. The fraction of sp³-hybridized carbons (Fsp3) is 0.661. The van der Waals surface area contributed by atoms with Crippen LogP contribution in [0.25, 0.3) is 0 Å². The minimum atomic E-state index is -0.680. The summed E-state index contributed by atoms with van der Waals surface area (Å²) >= 11 is 0. The van der Waals surface area contributed by atoms with E-state index in [1.165, 1.54) is 109 Å². The Morgan fingerprint density at radius 3 is 1.00 bits per heavy atom. The summed E-state index contributed by atoms with van der Waals surface area (Å²) in [6.45, 7) is 4.24. The molecule has 0 rings (SSSR count). The van der Waals surface area contributed by atoms with Gasteiger partial charge < -0.3 is 15.5 Å². The highest BCUT2D eigenvalue weighted by molar-refractivity contribution is 5.76. The Bertz CT molecular complexity index is 1310. The second-order valence-corrected chi connectivity index (χ2v) is 18.3. The third-order valence-electron chi connectivity index (χ3n) is 12.0. The Morgan fingerprint density at radius 1 is 0.379 bits per heavy atom. The molecule has 0 aliphatic heterocycles. The van der Waals surface area contributed by atoms with E-state index in [4.69, 9.17) is 0 Å². The maximum Gasteiger partial charge on any atom is 0.220 e. The van der Waals surface area contributed by atoms with Gasteiger partial charge >= 0.3 is 0 Å². The summed E-state index contributed by atoms with van der Waals surface area (Å²) in [5, 5.41) is 23.3. The quantitative estimate of drug-likeness (QED) is 0.0421. The van der Waals surface area contributed by atoms with Crippen LogP contribution in [0.15, 0.2) is 122 Å². The zero-order valence-electron chi connectivity index (χ0n) is 43.2. The summed E-state index contributed by atoms with van der Waals surface area (Å²) in [4.78, 5) is 12.5. The van der Waals surface area contributed by atoms with Crippen molar-refractivity contribution in [2.75, 3.05) is 6.61 Å². The van der Waals surface area contributed by atoms with Crippen LogP contribution in [-0.2, 0) is 4.79 Å². The molecule has 0 aromatic carbocycles. The third kappa shape index (κ3) is 51.8. The van der Waals surface area contributed by atoms with E-state index in [2.05, 4.69) is 141 Å². The molecule has 376 valence electrons. The van der Waals surface area contributed by atoms with Crippen LogP contribution in [0.4, 0.5) is 0 Å². The van der Waals surface area contributed by atoms with Crippen molar-refractivity contribution in [3.8, 4) is 0 Å². The molecule has 4 heteroatoms. The van der Waals surface area contributed by atoms with Crippen molar-refractivity contribution in [1.29, 1.82) is 0 Å². The largest absolute Gasteiger partial charge is 0.394 e. The van der Waals surface area contributed by atoms with Gasteiger partial charge in [0.05, 0.1) is 18.8 Å². The lowest BCUT2D eigenvalue weighted by Gasteiger charge is -2.22. The highest BCUT2D eigenvalue weighted by atomic mass is 16.3.